The Morgan fingerprint density at radius 2 is 2.00 bits per heavy atom. The SMILES string of the molecule is O=C1c2cc([N+](=O)[O-])ccc2CCN1C[B-](F)(F)F.[K+]. The van der Waals surface area contributed by atoms with Crippen LogP contribution in [0.4, 0.5) is 18.6 Å². The first-order valence-electron chi connectivity index (χ1n) is 5.55. The molecule has 0 spiro atoms. The van der Waals surface area contributed by atoms with Gasteiger partial charge in [-0.05, 0) is 18.4 Å². The normalized spacial score (nSPS) is 14.6. The number of hydrogen-bond donors (Lipinski definition) is 0. The molecule has 0 atom stereocenters. The van der Waals surface area contributed by atoms with Gasteiger partial charge in [-0.15, -0.1) is 0 Å². The summed E-state index contributed by atoms with van der Waals surface area (Å²) < 4.78 is 37.1. The van der Waals surface area contributed by atoms with Crippen LogP contribution in [-0.2, 0) is 6.42 Å². The summed E-state index contributed by atoms with van der Waals surface area (Å²) in [4.78, 5) is 22.5. The number of carbonyl (C=O) groups is 1. The van der Waals surface area contributed by atoms with Gasteiger partial charge in [-0.1, -0.05) is 6.07 Å². The Bertz CT molecular complexity index is 553. The fourth-order valence-corrected chi connectivity index (χ4v) is 2.05. The largest absolute Gasteiger partial charge is 1.00 e. The van der Waals surface area contributed by atoms with E-state index in [0.717, 1.165) is 6.07 Å². The number of nitro groups is 1. The summed E-state index contributed by atoms with van der Waals surface area (Å²) >= 11 is 0. The molecule has 20 heavy (non-hydrogen) atoms. The van der Waals surface area contributed by atoms with Gasteiger partial charge in [0.05, 0.1) is 4.92 Å². The maximum atomic E-state index is 12.4. The Balaban J connectivity index is 0.00000200. The monoisotopic (exact) mass is 312 g/mol. The molecular formula is C10H9BF3KN2O3. The van der Waals surface area contributed by atoms with Crippen LogP contribution in [0.25, 0.3) is 0 Å². The number of non-ortho nitro benzene ring substituents is 1. The molecule has 1 amide bonds. The molecule has 0 saturated carbocycles. The number of halogens is 3. The molecule has 1 aromatic rings. The smallest absolute Gasteiger partial charge is 0.448 e. The third-order valence-electron chi connectivity index (χ3n) is 2.90. The van der Waals surface area contributed by atoms with Gasteiger partial charge in [-0.2, -0.15) is 0 Å². The number of rotatable bonds is 3. The molecular weight excluding hydrogens is 303 g/mol. The molecule has 0 radical (unpaired) electrons. The van der Waals surface area contributed by atoms with Gasteiger partial charge in [0.2, 0.25) is 0 Å². The molecule has 10 heteroatoms. The van der Waals surface area contributed by atoms with Crippen molar-refractivity contribution in [2.75, 3.05) is 13.0 Å². The van der Waals surface area contributed by atoms with Crippen LogP contribution in [0.2, 0.25) is 0 Å². The third-order valence-corrected chi connectivity index (χ3v) is 2.90. The van der Waals surface area contributed by atoms with E-state index in [1.165, 1.54) is 12.1 Å². The van der Waals surface area contributed by atoms with Gasteiger partial charge in [0.15, 0.2) is 0 Å². The van der Waals surface area contributed by atoms with Crippen molar-refractivity contribution in [2.24, 2.45) is 0 Å². The van der Waals surface area contributed by atoms with Gasteiger partial charge in [-0.3, -0.25) is 14.9 Å². The van der Waals surface area contributed by atoms with Crippen LogP contribution in [0.1, 0.15) is 15.9 Å². The summed E-state index contributed by atoms with van der Waals surface area (Å²) in [6, 6.07) is 3.70. The quantitative estimate of drug-likeness (QED) is 0.408. The first-order chi connectivity index (χ1) is 8.78. The maximum Gasteiger partial charge on any atom is 1.00 e. The van der Waals surface area contributed by atoms with Crippen molar-refractivity contribution in [2.45, 2.75) is 6.42 Å². The Kier molecular flexibility index (Phi) is 5.79. The van der Waals surface area contributed by atoms with Crippen molar-refractivity contribution in [1.29, 1.82) is 0 Å². The summed E-state index contributed by atoms with van der Waals surface area (Å²) in [6.07, 6.45) is -1.01. The van der Waals surface area contributed by atoms with Crippen molar-refractivity contribution in [3.8, 4) is 0 Å². The summed E-state index contributed by atoms with van der Waals surface area (Å²) in [5.41, 5.74) is 0.230. The van der Waals surface area contributed by atoms with Crippen molar-refractivity contribution < 1.29 is 74.0 Å². The molecule has 1 aliphatic heterocycles. The minimum absolute atomic E-state index is 0. The minimum atomic E-state index is -5.11. The number of carbonyl (C=O) groups excluding carboxylic acids is 1. The van der Waals surface area contributed by atoms with Crippen LogP contribution in [0.3, 0.4) is 0 Å². The van der Waals surface area contributed by atoms with Crippen LogP contribution >= 0.6 is 0 Å². The predicted octanol–water partition coefficient (Wildman–Crippen LogP) is -1.02. The molecule has 0 aliphatic carbocycles. The van der Waals surface area contributed by atoms with Gasteiger partial charge in [0, 0.05) is 24.2 Å². The van der Waals surface area contributed by atoms with Gasteiger partial charge >= 0.3 is 58.4 Å². The first kappa shape index (κ1) is 17.6. The summed E-state index contributed by atoms with van der Waals surface area (Å²) in [5.74, 6) is -0.802. The predicted molar refractivity (Wildman–Crippen MR) is 61.8 cm³/mol. The van der Waals surface area contributed by atoms with Gasteiger partial charge in [0.1, 0.15) is 0 Å². The van der Waals surface area contributed by atoms with Crippen molar-refractivity contribution in [3.63, 3.8) is 0 Å². The average molecular weight is 312 g/mol. The van der Waals surface area contributed by atoms with E-state index in [-0.39, 0.29) is 75.6 Å². The molecule has 2 rings (SSSR count). The second-order valence-electron chi connectivity index (χ2n) is 4.31. The molecule has 1 aromatic carbocycles. The molecule has 0 bridgehead atoms. The van der Waals surface area contributed by atoms with Gasteiger partial charge < -0.3 is 17.8 Å². The molecule has 102 valence electrons. The summed E-state index contributed by atoms with van der Waals surface area (Å²) in [6.45, 7) is -5.13. The van der Waals surface area contributed by atoms with Crippen LogP contribution in [0.15, 0.2) is 18.2 Å². The fraction of sp³-hybridized carbons (Fsp3) is 0.300. The number of amides is 1. The maximum absolute atomic E-state index is 12.4. The van der Waals surface area contributed by atoms with E-state index >= 15 is 0 Å². The Morgan fingerprint density at radius 3 is 2.55 bits per heavy atom. The first-order valence-corrected chi connectivity index (χ1v) is 5.55. The molecule has 0 fully saturated rings. The zero-order chi connectivity index (χ0) is 14.2. The molecule has 5 nitrogen and oxygen atoms in total. The third kappa shape index (κ3) is 4.04. The van der Waals surface area contributed by atoms with Crippen LogP contribution in [-0.4, -0.2) is 35.7 Å². The molecule has 0 unspecified atom stereocenters. The topological polar surface area (TPSA) is 63.4 Å². The molecule has 0 saturated heterocycles. The van der Waals surface area contributed by atoms with E-state index in [4.69, 9.17) is 0 Å². The van der Waals surface area contributed by atoms with Gasteiger partial charge in [0.25, 0.3) is 11.6 Å². The van der Waals surface area contributed by atoms with E-state index in [9.17, 15) is 27.9 Å². The number of hydrogen-bond acceptors (Lipinski definition) is 3. The zero-order valence-corrected chi connectivity index (χ0v) is 13.8. The second-order valence-corrected chi connectivity index (χ2v) is 4.31. The van der Waals surface area contributed by atoms with Crippen LogP contribution in [0.5, 0.6) is 0 Å². The average Bonchev–Trinajstić information content (AvgIpc) is 2.31. The van der Waals surface area contributed by atoms with E-state index in [1.54, 1.807) is 0 Å². The number of fused-ring (bicyclic) bond motifs is 1. The molecule has 1 heterocycles. The molecule has 0 aromatic heterocycles. The number of benzene rings is 1. The number of nitro benzene ring substituents is 1. The standard InChI is InChI=1S/C10H9BF3N2O3.K/c12-11(13,14)6-15-4-3-7-1-2-8(16(18)19)5-9(7)10(15)17;/h1-2,5H,3-4,6H2;/q-1;+1. The van der Waals surface area contributed by atoms with E-state index in [0.29, 0.717) is 10.5 Å². The summed E-state index contributed by atoms with van der Waals surface area (Å²) in [5, 5.41) is 10.6. The zero-order valence-electron chi connectivity index (χ0n) is 10.7. The Morgan fingerprint density at radius 1 is 1.35 bits per heavy atom. The van der Waals surface area contributed by atoms with E-state index in [1.807, 2.05) is 0 Å². The fourth-order valence-electron chi connectivity index (χ4n) is 2.05. The number of nitrogens with zero attached hydrogens (tertiary/aromatic N) is 2. The van der Waals surface area contributed by atoms with E-state index in [2.05, 4.69) is 0 Å². The molecule has 0 N–H and O–H groups in total. The Labute approximate surface area is 155 Å². The van der Waals surface area contributed by atoms with Crippen LogP contribution < -0.4 is 51.4 Å². The van der Waals surface area contributed by atoms with Crippen molar-refractivity contribution in [1.82, 2.24) is 4.90 Å². The van der Waals surface area contributed by atoms with Crippen molar-refractivity contribution >= 4 is 18.6 Å². The Hall–Kier alpha value is -0.419. The van der Waals surface area contributed by atoms with Crippen molar-refractivity contribution in [3.05, 3.63) is 39.4 Å². The van der Waals surface area contributed by atoms with Crippen LogP contribution in [0, 0.1) is 10.1 Å². The minimum Gasteiger partial charge on any atom is -0.448 e. The van der Waals surface area contributed by atoms with Gasteiger partial charge in [-0.25, -0.2) is 0 Å². The molecule has 1 aliphatic rings. The van der Waals surface area contributed by atoms with E-state index < -0.39 is 24.3 Å². The summed E-state index contributed by atoms with van der Waals surface area (Å²) in [7, 11) is 0. The second kappa shape index (κ2) is 6.56.